The molecule has 0 radical (unpaired) electrons. The van der Waals surface area contributed by atoms with Crippen molar-refractivity contribution in [3.63, 3.8) is 0 Å². The van der Waals surface area contributed by atoms with Crippen LogP contribution in [0.2, 0.25) is 0 Å². The fourth-order valence-electron chi connectivity index (χ4n) is 0.0680. The van der Waals surface area contributed by atoms with Gasteiger partial charge < -0.3 is 9.90 Å². The van der Waals surface area contributed by atoms with Gasteiger partial charge in [-0.25, -0.2) is 0 Å². The number of carbonyl (C=O) groups is 1. The Hall–Kier alpha value is 0.860. The molecule has 0 aliphatic heterocycles. The molecule has 0 aliphatic rings. The number of hydrogen-bond acceptors (Lipinski definition) is 3. The number of carboxylic acids is 1. The summed E-state index contributed by atoms with van der Waals surface area (Å²) in [6.45, 7) is 1.50. The van der Waals surface area contributed by atoms with Crippen molar-refractivity contribution in [2.75, 3.05) is 0 Å². The molecule has 0 spiro atoms. The van der Waals surface area contributed by atoms with Crippen LogP contribution in [0.1, 0.15) is 6.92 Å². The van der Waals surface area contributed by atoms with Crippen LogP contribution in [0.5, 0.6) is 0 Å². The first kappa shape index (κ1) is 11.6. The third-order valence-corrected chi connectivity index (χ3v) is 1.10. The third kappa shape index (κ3) is 5.01. The van der Waals surface area contributed by atoms with E-state index in [9.17, 15) is 9.90 Å². The van der Waals surface area contributed by atoms with Crippen LogP contribution in [0.25, 0.3) is 0 Å². The second-order valence-corrected chi connectivity index (χ2v) is 1.54. The molecular weight excluding hydrogens is 136 g/mol. The molecule has 0 saturated carbocycles. The number of rotatable bonds is 2. The first-order valence-electron chi connectivity index (χ1n) is 1.85. The van der Waals surface area contributed by atoms with Crippen LogP contribution >= 0.6 is 9.39 Å². The summed E-state index contributed by atoms with van der Waals surface area (Å²) < 4.78 is 0. The molecule has 2 atom stereocenters. The van der Waals surface area contributed by atoms with Crippen LogP contribution in [0.15, 0.2) is 0 Å². The molecule has 3 nitrogen and oxygen atoms in total. The average molecular weight is 143 g/mol. The van der Waals surface area contributed by atoms with Crippen LogP contribution in [-0.4, -0.2) is 12.0 Å². The van der Waals surface area contributed by atoms with Gasteiger partial charge in [-0.15, -0.1) is 0 Å². The van der Waals surface area contributed by atoms with E-state index in [4.69, 9.17) is 0 Å². The fraction of sp³-hybridized carbons (Fsp3) is 0.667. The van der Waals surface area contributed by atoms with Gasteiger partial charge in [0.15, 0.2) is 0 Å². The van der Waals surface area contributed by atoms with Gasteiger partial charge in [0.25, 0.3) is 0 Å². The van der Waals surface area contributed by atoms with Crippen molar-refractivity contribution in [3.8, 4) is 0 Å². The Balaban J connectivity index is 0. The minimum absolute atomic E-state index is 0. The van der Waals surface area contributed by atoms with E-state index in [0.29, 0.717) is 0 Å². The molecule has 0 fully saturated rings. The summed E-state index contributed by atoms with van der Waals surface area (Å²) in [5, 5.41) is 12.2. The van der Waals surface area contributed by atoms with Crippen LogP contribution < -0.4 is 39.8 Å². The van der Waals surface area contributed by atoms with Crippen LogP contribution in [-0.2, 0) is 4.79 Å². The minimum Gasteiger partial charge on any atom is -0.548 e. The van der Waals surface area contributed by atoms with E-state index in [1.807, 2.05) is 0 Å². The van der Waals surface area contributed by atoms with Gasteiger partial charge in [0.1, 0.15) is 0 Å². The molecule has 0 heterocycles. The summed E-state index contributed by atoms with van der Waals surface area (Å²) in [6, 6.07) is -0.579. The smallest absolute Gasteiger partial charge is 0.548 e. The molecule has 42 valence electrons. The zero-order valence-electron chi connectivity index (χ0n) is 4.97. The SMILES string of the molecule is CC(NP)C(=O)[O-].[Na+]. The van der Waals surface area contributed by atoms with Crippen molar-refractivity contribution in [2.24, 2.45) is 0 Å². The van der Waals surface area contributed by atoms with Crippen molar-refractivity contribution in [1.29, 1.82) is 0 Å². The Morgan fingerprint density at radius 3 is 2.25 bits per heavy atom. The van der Waals surface area contributed by atoms with Gasteiger partial charge in [0.2, 0.25) is 0 Å². The Morgan fingerprint density at radius 2 is 2.25 bits per heavy atom. The minimum atomic E-state index is -1.09. The fourth-order valence-corrected chi connectivity index (χ4v) is 0.204. The topological polar surface area (TPSA) is 52.2 Å². The largest absolute Gasteiger partial charge is 1.00 e. The van der Waals surface area contributed by atoms with Gasteiger partial charge in [0.05, 0.1) is 5.97 Å². The second-order valence-electron chi connectivity index (χ2n) is 1.21. The van der Waals surface area contributed by atoms with E-state index in [-0.39, 0.29) is 29.6 Å². The molecule has 0 aromatic carbocycles. The molecule has 8 heavy (non-hydrogen) atoms. The summed E-state index contributed by atoms with van der Waals surface area (Å²) >= 11 is 0. The molecular formula is C3H7NNaO2P. The van der Waals surface area contributed by atoms with E-state index >= 15 is 0 Å². The Morgan fingerprint density at radius 1 is 1.88 bits per heavy atom. The molecule has 0 bridgehead atoms. The molecule has 0 aromatic heterocycles. The number of hydrogen-bond donors (Lipinski definition) is 1. The van der Waals surface area contributed by atoms with Crippen LogP contribution in [0.4, 0.5) is 0 Å². The maximum absolute atomic E-state index is 9.74. The first-order chi connectivity index (χ1) is 3.18. The maximum atomic E-state index is 9.74. The standard InChI is InChI=1S/C3H8NO2P.Na/c1-2(4-7)3(5)6;/h2,4H,7H2,1H3,(H,5,6);/q;+1/p-1. The van der Waals surface area contributed by atoms with Crippen LogP contribution in [0.3, 0.4) is 0 Å². The summed E-state index contributed by atoms with van der Waals surface area (Å²) in [4.78, 5) is 9.74. The zero-order chi connectivity index (χ0) is 5.86. The predicted molar refractivity (Wildman–Crippen MR) is 27.3 cm³/mol. The van der Waals surface area contributed by atoms with E-state index in [0.717, 1.165) is 0 Å². The molecule has 0 aromatic rings. The summed E-state index contributed by atoms with van der Waals surface area (Å²) in [5.41, 5.74) is 0. The maximum Gasteiger partial charge on any atom is 1.00 e. The second kappa shape index (κ2) is 5.99. The molecule has 1 N–H and O–H groups in total. The van der Waals surface area contributed by atoms with Crippen molar-refractivity contribution in [3.05, 3.63) is 0 Å². The quantitative estimate of drug-likeness (QED) is 0.313. The van der Waals surface area contributed by atoms with E-state index in [2.05, 4.69) is 14.5 Å². The Labute approximate surface area is 72.8 Å². The van der Waals surface area contributed by atoms with Crippen molar-refractivity contribution >= 4 is 15.4 Å². The van der Waals surface area contributed by atoms with Crippen molar-refractivity contribution in [1.82, 2.24) is 5.09 Å². The molecule has 0 saturated heterocycles. The number of nitrogens with one attached hydrogen (secondary N) is 1. The average Bonchev–Trinajstić information content (AvgIpc) is 1.65. The molecule has 0 rings (SSSR count). The summed E-state index contributed by atoms with van der Waals surface area (Å²) in [7, 11) is 2.09. The van der Waals surface area contributed by atoms with Gasteiger partial charge in [-0.1, -0.05) is 9.39 Å². The molecule has 5 heteroatoms. The Kier molecular flexibility index (Phi) is 8.70. The van der Waals surface area contributed by atoms with Gasteiger partial charge in [-0.05, 0) is 6.92 Å². The van der Waals surface area contributed by atoms with Gasteiger partial charge in [-0.2, -0.15) is 0 Å². The third-order valence-electron chi connectivity index (χ3n) is 0.604. The molecule has 0 aliphatic carbocycles. The normalized spacial score (nSPS) is 11.8. The molecule has 0 amide bonds. The van der Waals surface area contributed by atoms with E-state index in [1.54, 1.807) is 0 Å². The molecule has 2 unspecified atom stereocenters. The van der Waals surface area contributed by atoms with Crippen LogP contribution in [0, 0.1) is 0 Å². The Bertz CT molecular complexity index is 79.7. The van der Waals surface area contributed by atoms with Crippen molar-refractivity contribution < 1.29 is 39.5 Å². The van der Waals surface area contributed by atoms with Gasteiger partial charge >= 0.3 is 29.6 Å². The zero-order valence-corrected chi connectivity index (χ0v) is 8.13. The summed E-state index contributed by atoms with van der Waals surface area (Å²) in [5.74, 6) is -1.09. The van der Waals surface area contributed by atoms with E-state index in [1.165, 1.54) is 6.92 Å². The summed E-state index contributed by atoms with van der Waals surface area (Å²) in [6.07, 6.45) is 0. The monoisotopic (exact) mass is 143 g/mol. The van der Waals surface area contributed by atoms with Crippen molar-refractivity contribution in [2.45, 2.75) is 13.0 Å². The number of carboxylic acid groups (broad SMARTS) is 1. The predicted octanol–water partition coefficient (Wildman–Crippen LogP) is -4.49. The number of carbonyl (C=O) groups excluding carboxylic acids is 1. The number of aliphatic carboxylic acids is 1. The first-order valence-corrected chi connectivity index (χ1v) is 2.43. The van der Waals surface area contributed by atoms with E-state index < -0.39 is 12.0 Å². The van der Waals surface area contributed by atoms with Gasteiger partial charge in [0, 0.05) is 6.04 Å². The van der Waals surface area contributed by atoms with Gasteiger partial charge in [-0.3, -0.25) is 5.09 Å².